The Morgan fingerprint density at radius 2 is 1.67 bits per heavy atom. The molecule has 0 bridgehead atoms. The summed E-state index contributed by atoms with van der Waals surface area (Å²) in [4.78, 5) is 2.52. The molecule has 0 unspecified atom stereocenters. The minimum Gasteiger partial charge on any atom is -0.298 e. The van der Waals surface area contributed by atoms with Crippen molar-refractivity contribution >= 4 is 21.4 Å². The summed E-state index contributed by atoms with van der Waals surface area (Å²) >= 11 is 1.31. The van der Waals surface area contributed by atoms with Crippen molar-refractivity contribution < 1.29 is 8.42 Å². The standard InChI is InChI=1S/C15H24N2O2S2/c18-21(19,15-8-5-13-20-15)17-11-9-16(10-12-17)14-6-3-1-2-4-7-14/h5,8,13-14H,1-4,6-7,9-12H2. The molecule has 1 aliphatic heterocycles. The van der Waals surface area contributed by atoms with Crippen LogP contribution in [0.2, 0.25) is 0 Å². The van der Waals surface area contributed by atoms with Gasteiger partial charge in [0.25, 0.3) is 10.0 Å². The molecule has 1 saturated heterocycles. The first-order valence-corrected chi connectivity index (χ1v) is 10.3. The summed E-state index contributed by atoms with van der Waals surface area (Å²) in [5.74, 6) is 0. The highest BCUT2D eigenvalue weighted by Crippen LogP contribution is 2.25. The normalized spacial score (nSPS) is 24.0. The highest BCUT2D eigenvalue weighted by molar-refractivity contribution is 7.91. The SMILES string of the molecule is O=S(=O)(c1cccs1)N1CCN(C2CCCCCC2)CC1. The second-order valence-electron chi connectivity index (χ2n) is 6.02. The van der Waals surface area contributed by atoms with Gasteiger partial charge in [-0.1, -0.05) is 31.7 Å². The molecular weight excluding hydrogens is 304 g/mol. The van der Waals surface area contributed by atoms with Gasteiger partial charge in [-0.3, -0.25) is 4.90 Å². The average molecular weight is 329 g/mol. The fourth-order valence-corrected chi connectivity index (χ4v) is 6.04. The number of piperazine rings is 1. The Kier molecular flexibility index (Phi) is 4.99. The summed E-state index contributed by atoms with van der Waals surface area (Å²) in [6, 6.07) is 4.19. The molecule has 1 aromatic rings. The number of hydrogen-bond acceptors (Lipinski definition) is 4. The molecule has 6 heteroatoms. The number of thiophene rings is 1. The molecule has 3 rings (SSSR count). The Hall–Kier alpha value is -0.430. The van der Waals surface area contributed by atoms with Gasteiger partial charge in [-0.2, -0.15) is 4.31 Å². The zero-order chi connectivity index (χ0) is 14.7. The fraction of sp³-hybridized carbons (Fsp3) is 0.733. The highest BCUT2D eigenvalue weighted by Gasteiger charge is 2.31. The van der Waals surface area contributed by atoms with Gasteiger partial charge < -0.3 is 0 Å². The summed E-state index contributed by atoms with van der Waals surface area (Å²) in [5, 5.41) is 1.83. The monoisotopic (exact) mass is 328 g/mol. The van der Waals surface area contributed by atoms with Crippen LogP contribution in [0.5, 0.6) is 0 Å². The molecule has 118 valence electrons. The lowest BCUT2D eigenvalue weighted by Crippen LogP contribution is -2.51. The van der Waals surface area contributed by atoms with Crippen molar-refractivity contribution in [1.82, 2.24) is 9.21 Å². The smallest absolute Gasteiger partial charge is 0.252 e. The topological polar surface area (TPSA) is 40.6 Å². The van der Waals surface area contributed by atoms with Crippen molar-refractivity contribution in [2.45, 2.75) is 48.8 Å². The Balaban J connectivity index is 1.60. The first-order valence-electron chi connectivity index (χ1n) is 7.95. The maximum atomic E-state index is 12.5. The quantitative estimate of drug-likeness (QED) is 0.801. The van der Waals surface area contributed by atoms with E-state index in [1.54, 1.807) is 16.4 Å². The fourth-order valence-electron chi connectivity index (χ4n) is 3.47. The van der Waals surface area contributed by atoms with E-state index in [0.717, 1.165) is 13.1 Å². The van der Waals surface area contributed by atoms with Crippen LogP contribution in [0.25, 0.3) is 0 Å². The van der Waals surface area contributed by atoms with Gasteiger partial charge in [0.15, 0.2) is 0 Å². The van der Waals surface area contributed by atoms with E-state index in [-0.39, 0.29) is 0 Å². The molecule has 2 heterocycles. The summed E-state index contributed by atoms with van der Waals surface area (Å²) in [6.07, 6.45) is 7.97. The lowest BCUT2D eigenvalue weighted by molar-refractivity contribution is 0.126. The predicted molar refractivity (Wildman–Crippen MR) is 86.1 cm³/mol. The van der Waals surface area contributed by atoms with Crippen LogP contribution in [0.3, 0.4) is 0 Å². The van der Waals surface area contributed by atoms with Gasteiger partial charge in [0.05, 0.1) is 0 Å². The van der Waals surface area contributed by atoms with Gasteiger partial charge in [-0.15, -0.1) is 11.3 Å². The van der Waals surface area contributed by atoms with Gasteiger partial charge in [0.1, 0.15) is 4.21 Å². The summed E-state index contributed by atoms with van der Waals surface area (Å²) in [7, 11) is -3.25. The molecule has 1 aliphatic carbocycles. The minimum atomic E-state index is -3.25. The molecular formula is C15H24N2O2S2. The van der Waals surface area contributed by atoms with Crippen molar-refractivity contribution in [2.24, 2.45) is 0 Å². The summed E-state index contributed by atoms with van der Waals surface area (Å²) < 4.78 is 27.1. The van der Waals surface area contributed by atoms with Crippen LogP contribution in [0.15, 0.2) is 21.7 Å². The first kappa shape index (κ1) is 15.5. The van der Waals surface area contributed by atoms with E-state index in [0.29, 0.717) is 23.3 Å². The van der Waals surface area contributed by atoms with Gasteiger partial charge in [-0.25, -0.2) is 8.42 Å². The number of rotatable bonds is 3. The molecule has 0 aromatic carbocycles. The van der Waals surface area contributed by atoms with Crippen molar-refractivity contribution in [1.29, 1.82) is 0 Å². The Morgan fingerprint density at radius 3 is 2.24 bits per heavy atom. The van der Waals surface area contributed by atoms with Crippen LogP contribution >= 0.6 is 11.3 Å². The molecule has 0 atom stereocenters. The molecule has 0 N–H and O–H groups in total. The van der Waals surface area contributed by atoms with Crippen LogP contribution in [-0.4, -0.2) is 49.8 Å². The van der Waals surface area contributed by atoms with E-state index in [9.17, 15) is 8.42 Å². The molecule has 0 spiro atoms. The van der Waals surface area contributed by atoms with E-state index in [2.05, 4.69) is 4.90 Å². The largest absolute Gasteiger partial charge is 0.298 e. The predicted octanol–water partition coefficient (Wildman–Crippen LogP) is 2.78. The molecule has 1 aromatic heterocycles. The molecule has 4 nitrogen and oxygen atoms in total. The number of nitrogens with zero attached hydrogens (tertiary/aromatic N) is 2. The van der Waals surface area contributed by atoms with Crippen molar-refractivity contribution in [3.8, 4) is 0 Å². The molecule has 2 fully saturated rings. The maximum absolute atomic E-state index is 12.5. The van der Waals surface area contributed by atoms with Gasteiger partial charge in [-0.05, 0) is 24.3 Å². The first-order chi connectivity index (χ1) is 10.2. The third-order valence-corrected chi connectivity index (χ3v) is 7.98. The van der Waals surface area contributed by atoms with Gasteiger partial charge >= 0.3 is 0 Å². The number of sulfonamides is 1. The summed E-state index contributed by atoms with van der Waals surface area (Å²) in [6.45, 7) is 3.04. The zero-order valence-corrected chi connectivity index (χ0v) is 14.0. The third kappa shape index (κ3) is 3.50. The molecule has 21 heavy (non-hydrogen) atoms. The second kappa shape index (κ2) is 6.77. The third-order valence-electron chi connectivity index (χ3n) is 4.70. The zero-order valence-electron chi connectivity index (χ0n) is 12.4. The van der Waals surface area contributed by atoms with Crippen LogP contribution < -0.4 is 0 Å². The Bertz CT molecular complexity index is 526. The van der Waals surface area contributed by atoms with E-state index in [1.165, 1.54) is 49.9 Å². The summed E-state index contributed by atoms with van der Waals surface area (Å²) in [5.41, 5.74) is 0. The van der Waals surface area contributed by atoms with E-state index in [4.69, 9.17) is 0 Å². The van der Waals surface area contributed by atoms with E-state index >= 15 is 0 Å². The number of hydrogen-bond donors (Lipinski definition) is 0. The minimum absolute atomic E-state index is 0.477. The molecule has 1 saturated carbocycles. The molecule has 2 aliphatic rings. The van der Waals surface area contributed by atoms with Gasteiger partial charge in [0, 0.05) is 32.2 Å². The highest BCUT2D eigenvalue weighted by atomic mass is 32.2. The van der Waals surface area contributed by atoms with Crippen molar-refractivity contribution in [2.75, 3.05) is 26.2 Å². The lowest BCUT2D eigenvalue weighted by atomic mass is 10.1. The van der Waals surface area contributed by atoms with Gasteiger partial charge in [0.2, 0.25) is 0 Å². The van der Waals surface area contributed by atoms with Crippen molar-refractivity contribution in [3.63, 3.8) is 0 Å². The van der Waals surface area contributed by atoms with Crippen LogP contribution in [-0.2, 0) is 10.0 Å². The second-order valence-corrected chi connectivity index (χ2v) is 9.13. The Labute approximate surface area is 131 Å². The van der Waals surface area contributed by atoms with E-state index < -0.39 is 10.0 Å². The Morgan fingerprint density at radius 1 is 1.00 bits per heavy atom. The average Bonchev–Trinajstić information content (AvgIpc) is 2.91. The molecule has 0 amide bonds. The maximum Gasteiger partial charge on any atom is 0.252 e. The van der Waals surface area contributed by atoms with E-state index in [1.807, 2.05) is 5.38 Å². The molecule has 0 radical (unpaired) electrons. The lowest BCUT2D eigenvalue weighted by Gasteiger charge is -2.38. The van der Waals surface area contributed by atoms with Crippen LogP contribution in [0, 0.1) is 0 Å². The van der Waals surface area contributed by atoms with Crippen molar-refractivity contribution in [3.05, 3.63) is 17.5 Å². The van der Waals surface area contributed by atoms with Crippen LogP contribution in [0.1, 0.15) is 38.5 Å². The van der Waals surface area contributed by atoms with Crippen LogP contribution in [0.4, 0.5) is 0 Å².